The van der Waals surface area contributed by atoms with Gasteiger partial charge in [0.15, 0.2) is 14.1 Å². The second kappa shape index (κ2) is 11.0. The van der Waals surface area contributed by atoms with E-state index in [1.54, 1.807) is 0 Å². The molecule has 1 heterocycles. The lowest BCUT2D eigenvalue weighted by Crippen LogP contribution is -2.48. The molecule has 0 spiro atoms. The Bertz CT molecular complexity index is 612. The monoisotopic (exact) mass is 472 g/mol. The summed E-state index contributed by atoms with van der Waals surface area (Å²) >= 11 is 0. The van der Waals surface area contributed by atoms with Gasteiger partial charge < -0.3 is 24.1 Å². The van der Waals surface area contributed by atoms with Gasteiger partial charge in [0.1, 0.15) is 5.60 Å². The molecule has 0 amide bonds. The summed E-state index contributed by atoms with van der Waals surface area (Å²) in [6.45, 7) is 25.6. The Balaban J connectivity index is 2.89. The topological polar surface area (TPSA) is 68.2 Å². The van der Waals surface area contributed by atoms with Gasteiger partial charge >= 0.3 is 0 Å². The van der Waals surface area contributed by atoms with Crippen LogP contribution in [-0.4, -0.2) is 54.8 Å². The summed E-state index contributed by atoms with van der Waals surface area (Å²) in [7, 11) is -1.97. The van der Waals surface area contributed by atoms with Gasteiger partial charge in [-0.25, -0.2) is 0 Å². The van der Waals surface area contributed by atoms with E-state index >= 15 is 0 Å². The molecular weight excluding hydrogens is 420 g/mol. The second-order valence-electron chi connectivity index (χ2n) is 12.2. The fraction of sp³-hybridized carbons (Fsp3) is 0.923. The van der Waals surface area contributed by atoms with Gasteiger partial charge in [-0.05, 0) is 63.6 Å². The highest BCUT2D eigenvalue weighted by molar-refractivity contribution is 6.74. The van der Waals surface area contributed by atoms with Crippen LogP contribution in [0.2, 0.25) is 18.1 Å². The zero-order valence-electron chi connectivity index (χ0n) is 22.9. The third-order valence-corrected chi connectivity index (χ3v) is 12.0. The van der Waals surface area contributed by atoms with Crippen LogP contribution in [0.25, 0.3) is 0 Å². The van der Waals surface area contributed by atoms with Crippen LogP contribution in [-0.2, 0) is 13.9 Å². The van der Waals surface area contributed by atoms with E-state index in [2.05, 4.69) is 61.6 Å². The maximum Gasteiger partial charge on any atom is 0.192 e. The van der Waals surface area contributed by atoms with Gasteiger partial charge in [0, 0.05) is 12.5 Å². The number of ether oxygens (including phenoxy) is 2. The zero-order chi connectivity index (χ0) is 25.1. The molecule has 1 unspecified atom stereocenters. The van der Waals surface area contributed by atoms with Gasteiger partial charge in [0.2, 0.25) is 0 Å². The zero-order valence-corrected chi connectivity index (χ0v) is 23.9. The van der Waals surface area contributed by atoms with Crippen LogP contribution >= 0.6 is 0 Å². The van der Waals surface area contributed by atoms with E-state index < -0.39 is 25.8 Å². The molecule has 2 N–H and O–H groups in total. The average Bonchev–Trinajstić information content (AvgIpc) is 2.90. The molecule has 0 bridgehead atoms. The maximum absolute atomic E-state index is 10.9. The highest BCUT2D eigenvalue weighted by Crippen LogP contribution is 2.41. The smallest absolute Gasteiger partial charge is 0.192 e. The van der Waals surface area contributed by atoms with Crippen molar-refractivity contribution in [2.45, 2.75) is 130 Å². The van der Waals surface area contributed by atoms with E-state index in [0.29, 0.717) is 0 Å². The first-order valence-corrected chi connectivity index (χ1v) is 15.3. The van der Waals surface area contributed by atoms with E-state index in [0.717, 1.165) is 12.8 Å². The number of rotatable bonds is 11. The number of hydrogen-bond acceptors (Lipinski definition) is 5. The Morgan fingerprint density at radius 3 is 2.09 bits per heavy atom. The van der Waals surface area contributed by atoms with Gasteiger partial charge in [0.25, 0.3) is 0 Å². The quantitative estimate of drug-likeness (QED) is 0.289. The predicted octanol–water partition coefficient (Wildman–Crippen LogP) is 5.90. The fourth-order valence-corrected chi connectivity index (χ4v) is 5.96. The summed E-state index contributed by atoms with van der Waals surface area (Å²) in [5, 5.41) is 20.9. The average molecular weight is 473 g/mol. The number of aliphatic hydroxyl groups excluding tert-OH is 2. The van der Waals surface area contributed by atoms with Gasteiger partial charge in [-0.15, -0.1) is 0 Å². The van der Waals surface area contributed by atoms with Crippen molar-refractivity contribution in [2.24, 2.45) is 17.8 Å². The normalized spacial score (nSPS) is 29.1. The molecule has 32 heavy (non-hydrogen) atoms. The number of aliphatic hydroxyl groups is 2. The molecule has 1 rings (SSSR count). The molecule has 0 aliphatic carbocycles. The summed E-state index contributed by atoms with van der Waals surface area (Å²) in [6, 6.07) is 0. The van der Waals surface area contributed by atoms with Crippen molar-refractivity contribution in [3.63, 3.8) is 0 Å². The van der Waals surface area contributed by atoms with Gasteiger partial charge in [-0.1, -0.05) is 60.6 Å². The van der Waals surface area contributed by atoms with Gasteiger partial charge in [0.05, 0.1) is 18.3 Å². The van der Waals surface area contributed by atoms with E-state index in [9.17, 15) is 10.2 Å². The Labute approximate surface area is 199 Å². The SMILES string of the molecule is CC[C@H]1OC(C)(C)O[C@@]1(C)/C=C/C(O)[C@H](C)C[C@H](C)[C@H](O[Si](C)(C)C(C)(C)C)[C@@H](C)CO. The fourth-order valence-electron chi connectivity index (χ4n) is 4.46. The van der Waals surface area contributed by atoms with E-state index in [1.807, 2.05) is 32.9 Å². The number of hydrogen-bond donors (Lipinski definition) is 2. The van der Waals surface area contributed by atoms with E-state index in [4.69, 9.17) is 13.9 Å². The molecule has 0 aromatic carbocycles. The van der Waals surface area contributed by atoms with Crippen molar-refractivity contribution in [3.8, 4) is 0 Å². The van der Waals surface area contributed by atoms with Crippen molar-refractivity contribution in [1.29, 1.82) is 0 Å². The Morgan fingerprint density at radius 2 is 1.62 bits per heavy atom. The van der Waals surface area contributed by atoms with Crippen LogP contribution in [0.3, 0.4) is 0 Å². The highest BCUT2D eigenvalue weighted by Gasteiger charge is 2.48. The third-order valence-electron chi connectivity index (χ3n) is 7.50. The molecule has 5 nitrogen and oxygen atoms in total. The van der Waals surface area contributed by atoms with Crippen molar-refractivity contribution in [1.82, 2.24) is 0 Å². The minimum absolute atomic E-state index is 0.0334. The molecule has 0 radical (unpaired) electrons. The van der Waals surface area contributed by atoms with Crippen LogP contribution in [0.4, 0.5) is 0 Å². The summed E-state index contributed by atoms with van der Waals surface area (Å²) in [5.74, 6) is -0.306. The van der Waals surface area contributed by atoms with Crippen LogP contribution in [0, 0.1) is 17.8 Å². The highest BCUT2D eigenvalue weighted by atomic mass is 28.4. The largest absolute Gasteiger partial charge is 0.413 e. The standard InChI is InChI=1S/C26H52O5Si/c1-13-22-26(10,31-25(8,9)29-22)15-14-21(28)18(2)16-19(3)23(20(4)17-27)30-32(11,12)24(5,6)7/h14-15,18-23,27-28H,13,16-17H2,1-12H3/b15-14+/t18-,19+,20+,21?,22-,23+,26+/m1/s1. The Kier molecular flexibility index (Phi) is 10.2. The summed E-state index contributed by atoms with van der Waals surface area (Å²) in [6.07, 6.45) is 4.84. The predicted molar refractivity (Wildman–Crippen MR) is 135 cm³/mol. The Morgan fingerprint density at radius 1 is 1.06 bits per heavy atom. The molecule has 1 aliphatic heterocycles. The molecule has 0 saturated carbocycles. The van der Waals surface area contributed by atoms with E-state index in [-0.39, 0.29) is 41.6 Å². The van der Waals surface area contributed by atoms with Gasteiger partial charge in [-0.2, -0.15) is 0 Å². The molecular formula is C26H52O5Si. The molecule has 0 aromatic rings. The third kappa shape index (κ3) is 7.64. The first-order valence-electron chi connectivity index (χ1n) is 12.4. The first-order chi connectivity index (χ1) is 14.4. The van der Waals surface area contributed by atoms with Crippen molar-refractivity contribution < 1.29 is 24.1 Å². The van der Waals surface area contributed by atoms with Crippen molar-refractivity contribution in [2.75, 3.05) is 6.61 Å². The summed E-state index contributed by atoms with van der Waals surface area (Å²) < 4.78 is 18.9. The molecule has 6 heteroatoms. The summed E-state index contributed by atoms with van der Waals surface area (Å²) in [4.78, 5) is 0. The lowest BCUT2D eigenvalue weighted by molar-refractivity contribution is -0.153. The lowest BCUT2D eigenvalue weighted by Gasteiger charge is -2.43. The Hall–Kier alpha value is -0.243. The molecule has 7 atom stereocenters. The minimum Gasteiger partial charge on any atom is -0.413 e. The van der Waals surface area contributed by atoms with Crippen LogP contribution in [0.15, 0.2) is 12.2 Å². The van der Waals surface area contributed by atoms with Crippen molar-refractivity contribution >= 4 is 8.32 Å². The minimum atomic E-state index is -1.97. The molecule has 1 fully saturated rings. The van der Waals surface area contributed by atoms with Crippen molar-refractivity contribution in [3.05, 3.63) is 12.2 Å². The molecule has 1 aliphatic rings. The molecule has 1 saturated heterocycles. The second-order valence-corrected chi connectivity index (χ2v) is 17.0. The maximum atomic E-state index is 10.9. The first kappa shape index (κ1) is 29.8. The summed E-state index contributed by atoms with van der Waals surface area (Å²) in [5.41, 5.74) is -0.552. The molecule has 190 valence electrons. The lowest BCUT2D eigenvalue weighted by atomic mass is 9.84. The van der Waals surface area contributed by atoms with Crippen LogP contribution in [0.1, 0.15) is 82.1 Å². The van der Waals surface area contributed by atoms with E-state index in [1.165, 1.54) is 0 Å². The van der Waals surface area contributed by atoms with Crippen LogP contribution < -0.4 is 0 Å². The van der Waals surface area contributed by atoms with Gasteiger partial charge in [-0.3, -0.25) is 0 Å². The molecule has 0 aromatic heterocycles. The van der Waals surface area contributed by atoms with Crippen LogP contribution in [0.5, 0.6) is 0 Å².